The topological polar surface area (TPSA) is 63.6 Å². The van der Waals surface area contributed by atoms with Crippen molar-refractivity contribution in [2.75, 3.05) is 0 Å². The Morgan fingerprint density at radius 3 is 2.14 bits per heavy atom. The Morgan fingerprint density at radius 2 is 1.36 bits per heavy atom. The second-order valence-corrected chi connectivity index (χ2v) is 17.5. The van der Waals surface area contributed by atoms with E-state index in [2.05, 4.69) is 177 Å². The van der Waals surface area contributed by atoms with E-state index in [1.54, 1.807) is 12.3 Å². The average Bonchev–Trinajstić information content (AvgIpc) is 3.90. The summed E-state index contributed by atoms with van der Waals surface area (Å²) >= 11 is 0. The van der Waals surface area contributed by atoms with Crippen LogP contribution in [0.4, 0.5) is 0 Å². The third-order valence-electron chi connectivity index (χ3n) is 11.5. The number of nitrogens with zero attached hydrogens (tertiary/aromatic N) is 5. The van der Waals surface area contributed by atoms with Crippen molar-refractivity contribution in [2.24, 2.45) is 0 Å². The summed E-state index contributed by atoms with van der Waals surface area (Å²) in [5.41, 5.74) is 13.3. The van der Waals surface area contributed by atoms with Crippen molar-refractivity contribution in [1.82, 2.24) is 14.1 Å². The monoisotopic (exact) mass is 753 g/mol. The van der Waals surface area contributed by atoms with E-state index < -0.39 is 0 Å². The van der Waals surface area contributed by atoms with Gasteiger partial charge in [-0.25, -0.2) is 4.98 Å². The number of benzene rings is 6. The molecule has 6 nitrogen and oxygen atoms in total. The number of hydrogen-bond acceptors (Lipinski definition) is 3. The van der Waals surface area contributed by atoms with Gasteiger partial charge in [-0.2, -0.15) is 5.26 Å². The molecular weight excluding hydrogens is 711 g/mol. The molecule has 6 heteroatoms. The summed E-state index contributed by atoms with van der Waals surface area (Å²) < 4.78 is 13.0. The molecule has 0 spiro atoms. The minimum atomic E-state index is 0.000213. The molecule has 0 bridgehead atoms. The summed E-state index contributed by atoms with van der Waals surface area (Å²) in [4.78, 5) is 4.98. The Labute approximate surface area is 337 Å². The largest absolute Gasteiger partial charge is 0.454 e. The van der Waals surface area contributed by atoms with Gasteiger partial charge in [0.2, 0.25) is 0 Å². The van der Waals surface area contributed by atoms with Gasteiger partial charge >= 0.3 is 0 Å². The van der Waals surface area contributed by atoms with Gasteiger partial charge in [-0.05, 0) is 88.0 Å². The molecule has 0 aliphatic carbocycles. The van der Waals surface area contributed by atoms with E-state index in [-0.39, 0.29) is 10.8 Å². The quantitative estimate of drug-likeness (QED) is 0.130. The molecule has 10 aromatic rings. The minimum Gasteiger partial charge on any atom is -0.454 e. The fourth-order valence-electron chi connectivity index (χ4n) is 8.43. The molecule has 6 aromatic carbocycles. The van der Waals surface area contributed by atoms with Crippen LogP contribution in [0.15, 0.2) is 144 Å². The van der Waals surface area contributed by atoms with Crippen LogP contribution in [-0.4, -0.2) is 14.1 Å². The summed E-state index contributed by atoms with van der Waals surface area (Å²) in [6.45, 7) is 13.7. The van der Waals surface area contributed by atoms with Crippen molar-refractivity contribution in [3.05, 3.63) is 174 Å². The first-order valence-electron chi connectivity index (χ1n) is 19.9. The van der Waals surface area contributed by atoms with Crippen LogP contribution in [0.25, 0.3) is 72.0 Å². The molecule has 58 heavy (non-hydrogen) atoms. The third-order valence-corrected chi connectivity index (χ3v) is 11.5. The zero-order valence-electron chi connectivity index (χ0n) is 33.6. The van der Waals surface area contributed by atoms with Crippen LogP contribution in [0.1, 0.15) is 69.4 Å². The summed E-state index contributed by atoms with van der Waals surface area (Å²) in [7, 11) is 0. The SMILES string of the molecule is CC(C)(C)c1cc(-[n+]2[c-]n(-c3cccc(Cc4ccc5c6ccccc6n(-c6nccc7oc8c(C#N)cccc8c67)c5c4)c3)c3ccccc32)cc(C(C)(C)C)c1. The Balaban J connectivity index is 1.08. The van der Waals surface area contributed by atoms with Gasteiger partial charge < -0.3 is 4.42 Å². The molecule has 0 N–H and O–H groups in total. The molecule has 4 aromatic heterocycles. The lowest BCUT2D eigenvalue weighted by atomic mass is 9.80. The lowest BCUT2D eigenvalue weighted by molar-refractivity contribution is -0.572. The van der Waals surface area contributed by atoms with Crippen molar-refractivity contribution in [3.63, 3.8) is 0 Å². The summed E-state index contributed by atoms with van der Waals surface area (Å²) in [6, 6.07) is 49.5. The van der Waals surface area contributed by atoms with Crippen LogP contribution in [0.3, 0.4) is 0 Å². The predicted octanol–water partition coefficient (Wildman–Crippen LogP) is 12.2. The highest BCUT2D eigenvalue weighted by Crippen LogP contribution is 2.39. The molecule has 0 aliphatic rings. The molecule has 0 aliphatic heterocycles. The average molecular weight is 754 g/mol. The Morgan fingerprint density at radius 1 is 0.672 bits per heavy atom. The molecular formula is C52H43N5O. The number of imidazole rings is 1. The van der Waals surface area contributed by atoms with Crippen LogP contribution < -0.4 is 4.57 Å². The molecule has 0 fully saturated rings. The second-order valence-electron chi connectivity index (χ2n) is 17.5. The Bertz CT molecular complexity index is 3270. The number of nitriles is 1. The Hall–Kier alpha value is -6.97. The van der Waals surface area contributed by atoms with Gasteiger partial charge in [0, 0.05) is 22.4 Å². The maximum absolute atomic E-state index is 9.86. The lowest BCUT2D eigenvalue weighted by Gasteiger charge is -2.26. The smallest absolute Gasteiger partial charge is 0.269 e. The van der Waals surface area contributed by atoms with Gasteiger partial charge in [0.25, 0.3) is 6.33 Å². The highest BCUT2D eigenvalue weighted by Gasteiger charge is 2.23. The zero-order valence-corrected chi connectivity index (χ0v) is 33.6. The fraction of sp³-hybridized carbons (Fsp3) is 0.173. The Kier molecular flexibility index (Phi) is 7.97. The van der Waals surface area contributed by atoms with Crippen LogP contribution in [0.2, 0.25) is 0 Å². The van der Waals surface area contributed by atoms with Crippen molar-refractivity contribution >= 4 is 54.8 Å². The van der Waals surface area contributed by atoms with Crippen LogP contribution in [0.5, 0.6) is 0 Å². The molecule has 4 heterocycles. The maximum Gasteiger partial charge on any atom is 0.269 e. The van der Waals surface area contributed by atoms with Gasteiger partial charge in [-0.3, -0.25) is 13.7 Å². The van der Waals surface area contributed by atoms with E-state index in [9.17, 15) is 5.26 Å². The lowest BCUT2D eigenvalue weighted by Crippen LogP contribution is -2.31. The maximum atomic E-state index is 9.86. The first-order valence-corrected chi connectivity index (χ1v) is 19.9. The highest BCUT2D eigenvalue weighted by atomic mass is 16.3. The second kappa shape index (κ2) is 13.0. The first kappa shape index (κ1) is 35.4. The number of pyridine rings is 1. The van der Waals surface area contributed by atoms with Gasteiger partial charge in [0.15, 0.2) is 5.58 Å². The van der Waals surface area contributed by atoms with Gasteiger partial charge in [0.05, 0.1) is 44.4 Å². The molecule has 0 saturated carbocycles. The molecule has 0 saturated heterocycles. The van der Waals surface area contributed by atoms with Crippen molar-refractivity contribution < 1.29 is 8.98 Å². The first-order chi connectivity index (χ1) is 28.0. The highest BCUT2D eigenvalue weighted by molar-refractivity contribution is 6.14. The van der Waals surface area contributed by atoms with Gasteiger partial charge in [0.1, 0.15) is 17.5 Å². The number of fused-ring (bicyclic) bond motifs is 7. The van der Waals surface area contributed by atoms with Crippen LogP contribution >= 0.6 is 0 Å². The summed E-state index contributed by atoms with van der Waals surface area (Å²) in [5.74, 6) is 0.780. The standard InChI is InChI=1S/C52H43N5O/c1-51(2,3)36-28-37(52(4,5)6)30-39(29-36)56-32-55(44-19-9-10-20-45(44)56)38-15-11-13-33(26-38)25-34-21-22-41-40-16-7-8-18-43(40)57(46(41)27-34)50-48-42-17-12-14-35(31-53)49(42)58-47(48)23-24-54-50/h7-24,26-30H,25H2,1-6H3. The molecule has 0 amide bonds. The normalized spacial score (nSPS) is 12.4. The zero-order chi connectivity index (χ0) is 39.9. The van der Waals surface area contributed by atoms with Crippen molar-refractivity contribution in [1.29, 1.82) is 5.26 Å². The van der Waals surface area contributed by atoms with E-state index in [1.807, 2.05) is 18.2 Å². The van der Waals surface area contributed by atoms with Crippen LogP contribution in [0, 0.1) is 17.7 Å². The molecule has 0 unspecified atom stereocenters. The molecule has 0 radical (unpaired) electrons. The summed E-state index contributed by atoms with van der Waals surface area (Å²) in [6.07, 6.45) is 6.30. The molecule has 10 rings (SSSR count). The van der Waals surface area contributed by atoms with Crippen molar-refractivity contribution in [3.8, 4) is 23.3 Å². The number of para-hydroxylation sites is 4. The number of furan rings is 1. The van der Waals surface area contributed by atoms with E-state index in [0.29, 0.717) is 16.7 Å². The molecule has 0 atom stereocenters. The number of aromatic nitrogens is 4. The van der Waals surface area contributed by atoms with Crippen molar-refractivity contribution in [2.45, 2.75) is 58.8 Å². The van der Waals surface area contributed by atoms with E-state index in [1.165, 1.54) is 22.3 Å². The van der Waals surface area contributed by atoms with E-state index in [0.717, 1.165) is 67.2 Å². The number of rotatable bonds is 5. The number of hydrogen-bond donors (Lipinski definition) is 0. The third kappa shape index (κ3) is 5.77. The van der Waals surface area contributed by atoms with E-state index in [4.69, 9.17) is 9.40 Å². The van der Waals surface area contributed by atoms with Gasteiger partial charge in [-0.15, -0.1) is 0 Å². The van der Waals surface area contributed by atoms with Crippen LogP contribution in [-0.2, 0) is 17.3 Å². The molecule has 282 valence electrons. The predicted molar refractivity (Wildman–Crippen MR) is 234 cm³/mol. The van der Waals surface area contributed by atoms with Gasteiger partial charge in [-0.1, -0.05) is 126 Å². The van der Waals surface area contributed by atoms with E-state index >= 15 is 0 Å². The fourth-order valence-corrected chi connectivity index (χ4v) is 8.43. The minimum absolute atomic E-state index is 0.000213. The summed E-state index contributed by atoms with van der Waals surface area (Å²) in [5, 5.41) is 13.9.